The van der Waals surface area contributed by atoms with Gasteiger partial charge in [0.05, 0.1) is 16.8 Å². The summed E-state index contributed by atoms with van der Waals surface area (Å²) in [7, 11) is 0. The van der Waals surface area contributed by atoms with Crippen LogP contribution in [0.2, 0.25) is 0 Å². The van der Waals surface area contributed by atoms with Crippen molar-refractivity contribution >= 4 is 17.4 Å². The third-order valence-corrected chi connectivity index (χ3v) is 2.38. The highest BCUT2D eigenvalue weighted by Gasteiger charge is 2.14. The Morgan fingerprint density at radius 3 is 2.39 bits per heavy atom. The fourth-order valence-corrected chi connectivity index (χ4v) is 1.47. The Morgan fingerprint density at radius 2 is 1.94 bits per heavy atom. The molecular weight excluding hydrogens is 238 g/mol. The molecule has 0 fully saturated rings. The van der Waals surface area contributed by atoms with E-state index in [0.717, 1.165) is 0 Å². The number of nitrogens with zero attached hydrogens (tertiary/aromatic N) is 3. The van der Waals surface area contributed by atoms with Gasteiger partial charge in [-0.05, 0) is 12.1 Å². The third kappa shape index (κ3) is 1.86. The van der Waals surface area contributed by atoms with Gasteiger partial charge in [-0.25, -0.2) is 4.68 Å². The number of benzene rings is 1. The van der Waals surface area contributed by atoms with Crippen molar-refractivity contribution in [1.82, 2.24) is 9.78 Å². The van der Waals surface area contributed by atoms with E-state index < -0.39 is 10.8 Å². The van der Waals surface area contributed by atoms with Crippen LogP contribution in [0.5, 0.6) is 0 Å². The molecular formula is C10H9N5O3. The van der Waals surface area contributed by atoms with Crippen molar-refractivity contribution in [2.45, 2.75) is 0 Å². The first-order chi connectivity index (χ1) is 8.50. The molecule has 0 saturated carbocycles. The molecule has 18 heavy (non-hydrogen) atoms. The summed E-state index contributed by atoms with van der Waals surface area (Å²) >= 11 is 0. The van der Waals surface area contributed by atoms with Crippen LogP contribution in [0.4, 0.5) is 11.5 Å². The summed E-state index contributed by atoms with van der Waals surface area (Å²) in [6.45, 7) is 0. The van der Waals surface area contributed by atoms with Gasteiger partial charge in [-0.3, -0.25) is 14.9 Å². The summed E-state index contributed by atoms with van der Waals surface area (Å²) in [5.41, 5.74) is 11.4. The predicted molar refractivity (Wildman–Crippen MR) is 63.1 cm³/mol. The van der Waals surface area contributed by atoms with E-state index in [4.69, 9.17) is 11.5 Å². The number of nitrogen functional groups attached to an aromatic ring is 1. The predicted octanol–water partition coefficient (Wildman–Crippen LogP) is 0.462. The van der Waals surface area contributed by atoms with Crippen LogP contribution in [0.1, 0.15) is 10.4 Å². The number of primary amides is 1. The maximum Gasteiger partial charge on any atom is 0.269 e. The van der Waals surface area contributed by atoms with Crippen LogP contribution in [0.3, 0.4) is 0 Å². The zero-order valence-electron chi connectivity index (χ0n) is 9.11. The molecule has 2 rings (SSSR count). The highest BCUT2D eigenvalue weighted by Crippen LogP contribution is 2.19. The molecule has 0 bridgehead atoms. The SMILES string of the molecule is NC(=O)c1cnn(-c2ccc([N+](=O)[O-])cc2)c1N. The Bertz CT molecular complexity index is 617. The number of hydrogen-bond acceptors (Lipinski definition) is 5. The van der Waals surface area contributed by atoms with Crippen molar-refractivity contribution in [3.63, 3.8) is 0 Å². The third-order valence-electron chi connectivity index (χ3n) is 2.38. The molecule has 92 valence electrons. The average molecular weight is 247 g/mol. The summed E-state index contributed by atoms with van der Waals surface area (Å²) in [6.07, 6.45) is 1.25. The Balaban J connectivity index is 2.43. The molecule has 0 atom stereocenters. The minimum absolute atomic E-state index is 0.0420. The first-order valence-electron chi connectivity index (χ1n) is 4.89. The molecule has 0 aliphatic rings. The molecule has 0 aliphatic heterocycles. The molecule has 4 N–H and O–H groups in total. The molecule has 1 aromatic carbocycles. The van der Waals surface area contributed by atoms with Crippen molar-refractivity contribution in [2.24, 2.45) is 5.73 Å². The Kier molecular flexibility index (Phi) is 2.68. The van der Waals surface area contributed by atoms with Gasteiger partial charge in [0.25, 0.3) is 11.6 Å². The van der Waals surface area contributed by atoms with Crippen LogP contribution in [-0.4, -0.2) is 20.6 Å². The Hall–Kier alpha value is -2.90. The lowest BCUT2D eigenvalue weighted by Gasteiger charge is -2.03. The van der Waals surface area contributed by atoms with Crippen LogP contribution >= 0.6 is 0 Å². The second kappa shape index (κ2) is 4.17. The summed E-state index contributed by atoms with van der Waals surface area (Å²) < 4.78 is 1.28. The fourth-order valence-electron chi connectivity index (χ4n) is 1.47. The van der Waals surface area contributed by atoms with Gasteiger partial charge in [0.1, 0.15) is 11.4 Å². The van der Waals surface area contributed by atoms with Crippen LogP contribution in [0.15, 0.2) is 30.5 Å². The average Bonchev–Trinajstić information content (AvgIpc) is 2.71. The Morgan fingerprint density at radius 1 is 1.33 bits per heavy atom. The number of rotatable bonds is 3. The lowest BCUT2D eigenvalue weighted by Crippen LogP contribution is -2.13. The topological polar surface area (TPSA) is 130 Å². The van der Waals surface area contributed by atoms with E-state index in [-0.39, 0.29) is 17.1 Å². The zero-order valence-corrected chi connectivity index (χ0v) is 9.11. The number of nitro groups is 1. The van der Waals surface area contributed by atoms with Gasteiger partial charge in [0.15, 0.2) is 0 Å². The molecule has 0 spiro atoms. The maximum atomic E-state index is 11.0. The van der Waals surface area contributed by atoms with E-state index in [0.29, 0.717) is 5.69 Å². The van der Waals surface area contributed by atoms with Gasteiger partial charge < -0.3 is 11.5 Å². The largest absolute Gasteiger partial charge is 0.383 e. The van der Waals surface area contributed by atoms with Gasteiger partial charge in [0.2, 0.25) is 0 Å². The van der Waals surface area contributed by atoms with E-state index in [1.54, 1.807) is 0 Å². The second-order valence-corrected chi connectivity index (χ2v) is 3.49. The molecule has 1 aromatic heterocycles. The molecule has 1 heterocycles. The van der Waals surface area contributed by atoms with Gasteiger partial charge in [-0.1, -0.05) is 0 Å². The van der Waals surface area contributed by atoms with Crippen LogP contribution < -0.4 is 11.5 Å². The molecule has 1 amide bonds. The van der Waals surface area contributed by atoms with Crippen molar-refractivity contribution in [3.8, 4) is 5.69 Å². The first-order valence-corrected chi connectivity index (χ1v) is 4.89. The molecule has 0 aliphatic carbocycles. The minimum atomic E-state index is -0.680. The number of amides is 1. The second-order valence-electron chi connectivity index (χ2n) is 3.49. The summed E-state index contributed by atoms with van der Waals surface area (Å²) in [4.78, 5) is 21.0. The number of nitro benzene ring substituents is 1. The maximum absolute atomic E-state index is 11.0. The summed E-state index contributed by atoms with van der Waals surface area (Å²) in [5.74, 6) is -0.586. The van der Waals surface area contributed by atoms with E-state index >= 15 is 0 Å². The quantitative estimate of drug-likeness (QED) is 0.601. The number of carbonyl (C=O) groups excluding carboxylic acids is 1. The van der Waals surface area contributed by atoms with Gasteiger partial charge in [-0.15, -0.1) is 0 Å². The van der Waals surface area contributed by atoms with Gasteiger partial charge in [0, 0.05) is 12.1 Å². The molecule has 0 radical (unpaired) electrons. The van der Waals surface area contributed by atoms with Crippen LogP contribution in [-0.2, 0) is 0 Å². The summed E-state index contributed by atoms with van der Waals surface area (Å²) in [5, 5.41) is 14.4. The number of carbonyl (C=O) groups is 1. The molecule has 0 unspecified atom stereocenters. The van der Waals surface area contributed by atoms with Gasteiger partial charge in [-0.2, -0.15) is 5.10 Å². The molecule has 8 heteroatoms. The number of nitrogens with two attached hydrogens (primary N) is 2. The normalized spacial score (nSPS) is 10.2. The smallest absolute Gasteiger partial charge is 0.269 e. The standard InChI is InChI=1S/C10H9N5O3/c11-9-8(10(12)16)5-13-14(9)6-1-3-7(4-2-6)15(17)18/h1-5H,11H2,(H2,12,16). The number of non-ortho nitro benzene ring substituents is 1. The zero-order chi connectivity index (χ0) is 13.3. The molecule has 8 nitrogen and oxygen atoms in total. The highest BCUT2D eigenvalue weighted by atomic mass is 16.6. The highest BCUT2D eigenvalue weighted by molar-refractivity contribution is 5.97. The number of hydrogen-bond donors (Lipinski definition) is 2. The number of aromatic nitrogens is 2. The van der Waals surface area contributed by atoms with Crippen molar-refractivity contribution < 1.29 is 9.72 Å². The van der Waals surface area contributed by atoms with Crippen molar-refractivity contribution in [1.29, 1.82) is 0 Å². The lowest BCUT2D eigenvalue weighted by molar-refractivity contribution is -0.384. The van der Waals surface area contributed by atoms with Gasteiger partial charge >= 0.3 is 0 Å². The van der Waals surface area contributed by atoms with Crippen molar-refractivity contribution in [2.75, 3.05) is 5.73 Å². The Labute approximate surface area is 101 Å². The monoisotopic (exact) mass is 247 g/mol. The molecule has 2 aromatic rings. The van der Waals surface area contributed by atoms with Crippen LogP contribution in [0.25, 0.3) is 5.69 Å². The summed E-state index contributed by atoms with van der Waals surface area (Å²) in [6, 6.07) is 5.60. The first kappa shape index (κ1) is 11.6. The lowest BCUT2D eigenvalue weighted by atomic mass is 10.3. The van der Waals surface area contributed by atoms with Crippen LogP contribution in [0, 0.1) is 10.1 Å². The van der Waals surface area contributed by atoms with E-state index in [9.17, 15) is 14.9 Å². The number of anilines is 1. The van der Waals surface area contributed by atoms with E-state index in [1.165, 1.54) is 35.1 Å². The molecule has 0 saturated heterocycles. The fraction of sp³-hybridized carbons (Fsp3) is 0. The van der Waals surface area contributed by atoms with E-state index in [1.807, 2.05) is 0 Å². The minimum Gasteiger partial charge on any atom is -0.383 e. The van der Waals surface area contributed by atoms with E-state index in [2.05, 4.69) is 5.10 Å². The van der Waals surface area contributed by atoms with Crippen molar-refractivity contribution in [3.05, 3.63) is 46.1 Å².